The second kappa shape index (κ2) is 8.59. The van der Waals surface area contributed by atoms with Gasteiger partial charge in [0.15, 0.2) is 17.3 Å². The maximum atomic E-state index is 12.4. The standard InChI is InChI=1S/C21H23N3O5/c25-19(17-2-1-3-18(13-17)24(26)27)6-7-22-8-10-23(11-9-22)14-16-4-5-20-21(12-16)29-15-28-20/h1-5,12-13H,6-11,14-15H2. The van der Waals surface area contributed by atoms with Crippen LogP contribution >= 0.6 is 0 Å². The van der Waals surface area contributed by atoms with Crippen molar-refractivity contribution in [1.29, 1.82) is 0 Å². The van der Waals surface area contributed by atoms with Crippen molar-refractivity contribution < 1.29 is 19.2 Å². The first-order valence-electron chi connectivity index (χ1n) is 9.69. The number of benzene rings is 2. The number of carbonyl (C=O) groups is 1. The fraction of sp³-hybridized carbons (Fsp3) is 0.381. The Balaban J connectivity index is 1.23. The lowest BCUT2D eigenvalue weighted by atomic mass is 10.1. The number of non-ortho nitro benzene ring substituents is 1. The predicted molar refractivity (Wildman–Crippen MR) is 106 cm³/mol. The Morgan fingerprint density at radius 1 is 1.00 bits per heavy atom. The number of ether oxygens (including phenoxy) is 2. The Labute approximate surface area is 168 Å². The predicted octanol–water partition coefficient (Wildman–Crippen LogP) is 2.71. The lowest BCUT2D eigenvalue weighted by Gasteiger charge is -2.34. The molecule has 2 heterocycles. The van der Waals surface area contributed by atoms with E-state index in [1.165, 1.54) is 17.7 Å². The first kappa shape index (κ1) is 19.4. The topological polar surface area (TPSA) is 85.2 Å². The van der Waals surface area contributed by atoms with Crippen LogP contribution in [0.3, 0.4) is 0 Å². The van der Waals surface area contributed by atoms with Gasteiger partial charge >= 0.3 is 0 Å². The highest BCUT2D eigenvalue weighted by Crippen LogP contribution is 2.32. The number of fused-ring (bicyclic) bond motifs is 1. The van der Waals surface area contributed by atoms with Gasteiger partial charge in [0, 0.05) is 63.4 Å². The summed E-state index contributed by atoms with van der Waals surface area (Å²) < 4.78 is 10.8. The molecule has 0 aliphatic carbocycles. The Hall–Kier alpha value is -2.97. The molecule has 0 saturated carbocycles. The number of nitro groups is 1. The minimum absolute atomic E-state index is 0.0482. The molecule has 0 radical (unpaired) electrons. The van der Waals surface area contributed by atoms with Gasteiger partial charge in [-0.2, -0.15) is 0 Å². The van der Waals surface area contributed by atoms with E-state index < -0.39 is 4.92 Å². The average molecular weight is 397 g/mol. The number of hydrogen-bond acceptors (Lipinski definition) is 7. The number of nitro benzene ring substituents is 1. The summed E-state index contributed by atoms with van der Waals surface area (Å²) in [7, 11) is 0. The highest BCUT2D eigenvalue weighted by atomic mass is 16.7. The third-order valence-corrected chi connectivity index (χ3v) is 5.34. The van der Waals surface area contributed by atoms with Gasteiger partial charge in [0.25, 0.3) is 5.69 Å². The van der Waals surface area contributed by atoms with Crippen molar-refractivity contribution in [1.82, 2.24) is 9.80 Å². The second-order valence-corrected chi connectivity index (χ2v) is 7.29. The zero-order valence-corrected chi connectivity index (χ0v) is 16.1. The normalized spacial score (nSPS) is 16.7. The first-order valence-corrected chi connectivity index (χ1v) is 9.69. The monoisotopic (exact) mass is 397 g/mol. The van der Waals surface area contributed by atoms with Gasteiger partial charge < -0.3 is 14.4 Å². The van der Waals surface area contributed by atoms with Crippen LogP contribution in [0.4, 0.5) is 5.69 Å². The van der Waals surface area contributed by atoms with Crippen LogP contribution in [0, 0.1) is 10.1 Å². The number of hydrogen-bond donors (Lipinski definition) is 0. The summed E-state index contributed by atoms with van der Waals surface area (Å²) in [5.41, 5.74) is 1.55. The molecule has 0 amide bonds. The molecule has 8 heteroatoms. The summed E-state index contributed by atoms with van der Waals surface area (Å²) in [6.07, 6.45) is 0.364. The lowest BCUT2D eigenvalue weighted by Crippen LogP contribution is -2.46. The molecular formula is C21H23N3O5. The van der Waals surface area contributed by atoms with Crippen molar-refractivity contribution in [3.05, 3.63) is 63.7 Å². The van der Waals surface area contributed by atoms with Gasteiger partial charge in [-0.05, 0) is 17.7 Å². The first-order chi connectivity index (χ1) is 14.1. The Bertz CT molecular complexity index is 909. The van der Waals surface area contributed by atoms with Crippen molar-refractivity contribution in [3.63, 3.8) is 0 Å². The fourth-order valence-corrected chi connectivity index (χ4v) is 3.67. The van der Waals surface area contributed by atoms with E-state index in [4.69, 9.17) is 9.47 Å². The zero-order chi connectivity index (χ0) is 20.2. The molecule has 4 rings (SSSR count). The van der Waals surface area contributed by atoms with E-state index in [2.05, 4.69) is 15.9 Å². The largest absolute Gasteiger partial charge is 0.454 e. The molecule has 0 N–H and O–H groups in total. The maximum Gasteiger partial charge on any atom is 0.270 e. The number of piperazine rings is 1. The van der Waals surface area contributed by atoms with Crippen LogP contribution in [0.2, 0.25) is 0 Å². The molecule has 8 nitrogen and oxygen atoms in total. The number of ketones is 1. The van der Waals surface area contributed by atoms with Crippen LogP contribution in [0.1, 0.15) is 22.3 Å². The Morgan fingerprint density at radius 3 is 2.55 bits per heavy atom. The highest BCUT2D eigenvalue weighted by molar-refractivity contribution is 5.96. The molecule has 29 heavy (non-hydrogen) atoms. The van der Waals surface area contributed by atoms with Crippen LogP contribution < -0.4 is 9.47 Å². The van der Waals surface area contributed by atoms with Crippen LogP contribution in [0.15, 0.2) is 42.5 Å². The fourth-order valence-electron chi connectivity index (χ4n) is 3.67. The Kier molecular flexibility index (Phi) is 5.73. The van der Waals surface area contributed by atoms with Crippen LogP contribution in [-0.4, -0.2) is 60.0 Å². The van der Waals surface area contributed by atoms with Gasteiger partial charge in [0.1, 0.15) is 0 Å². The molecule has 2 aliphatic heterocycles. The van der Waals surface area contributed by atoms with Gasteiger partial charge in [-0.15, -0.1) is 0 Å². The molecule has 2 aromatic rings. The minimum atomic E-state index is -0.476. The third kappa shape index (κ3) is 4.72. The minimum Gasteiger partial charge on any atom is -0.454 e. The molecular weight excluding hydrogens is 374 g/mol. The average Bonchev–Trinajstić information content (AvgIpc) is 3.21. The molecule has 2 aromatic carbocycles. The van der Waals surface area contributed by atoms with Crippen LogP contribution in [0.25, 0.3) is 0 Å². The van der Waals surface area contributed by atoms with E-state index in [1.807, 2.05) is 12.1 Å². The molecule has 0 atom stereocenters. The van der Waals surface area contributed by atoms with Crippen molar-refractivity contribution in [2.24, 2.45) is 0 Å². The van der Waals surface area contributed by atoms with E-state index in [-0.39, 0.29) is 18.3 Å². The molecule has 1 fully saturated rings. The third-order valence-electron chi connectivity index (χ3n) is 5.34. The number of rotatable bonds is 7. The number of carbonyl (C=O) groups excluding carboxylic acids is 1. The van der Waals surface area contributed by atoms with Crippen molar-refractivity contribution >= 4 is 11.5 Å². The van der Waals surface area contributed by atoms with E-state index in [0.29, 0.717) is 18.5 Å². The molecule has 0 aromatic heterocycles. The zero-order valence-electron chi connectivity index (χ0n) is 16.1. The van der Waals surface area contributed by atoms with E-state index in [9.17, 15) is 14.9 Å². The molecule has 0 bridgehead atoms. The SMILES string of the molecule is O=C(CCN1CCN(Cc2ccc3c(c2)OCO3)CC1)c1cccc([N+](=O)[O-])c1. The second-order valence-electron chi connectivity index (χ2n) is 7.29. The van der Waals surface area contributed by atoms with Gasteiger partial charge in [-0.3, -0.25) is 19.8 Å². The number of Topliss-reactive ketones (excluding diaryl/α,β-unsaturated/α-hetero) is 1. The van der Waals surface area contributed by atoms with Gasteiger partial charge in [0.2, 0.25) is 6.79 Å². The van der Waals surface area contributed by atoms with E-state index >= 15 is 0 Å². The van der Waals surface area contributed by atoms with Gasteiger partial charge in [-0.25, -0.2) is 0 Å². The van der Waals surface area contributed by atoms with Crippen molar-refractivity contribution in [2.45, 2.75) is 13.0 Å². The quantitative estimate of drug-likeness (QED) is 0.403. The Morgan fingerprint density at radius 2 is 1.76 bits per heavy atom. The van der Waals surface area contributed by atoms with Crippen molar-refractivity contribution in [2.75, 3.05) is 39.5 Å². The maximum absolute atomic E-state index is 12.4. The van der Waals surface area contributed by atoms with Crippen LogP contribution in [0.5, 0.6) is 11.5 Å². The van der Waals surface area contributed by atoms with E-state index in [0.717, 1.165) is 44.2 Å². The molecule has 1 saturated heterocycles. The van der Waals surface area contributed by atoms with Gasteiger partial charge in [0.05, 0.1) is 4.92 Å². The van der Waals surface area contributed by atoms with Crippen molar-refractivity contribution in [3.8, 4) is 11.5 Å². The van der Waals surface area contributed by atoms with Gasteiger partial charge in [-0.1, -0.05) is 18.2 Å². The highest BCUT2D eigenvalue weighted by Gasteiger charge is 2.20. The lowest BCUT2D eigenvalue weighted by molar-refractivity contribution is -0.384. The van der Waals surface area contributed by atoms with Crippen LogP contribution in [-0.2, 0) is 6.54 Å². The molecule has 2 aliphatic rings. The smallest absolute Gasteiger partial charge is 0.270 e. The molecule has 0 spiro atoms. The summed E-state index contributed by atoms with van der Waals surface area (Å²) in [6.45, 7) is 5.46. The number of nitrogens with zero attached hydrogens (tertiary/aromatic N) is 3. The molecule has 152 valence electrons. The summed E-state index contributed by atoms with van der Waals surface area (Å²) >= 11 is 0. The summed E-state index contributed by atoms with van der Waals surface area (Å²) in [5, 5.41) is 10.9. The van der Waals surface area contributed by atoms with E-state index in [1.54, 1.807) is 12.1 Å². The summed E-state index contributed by atoms with van der Waals surface area (Å²) in [6, 6.07) is 12.0. The summed E-state index contributed by atoms with van der Waals surface area (Å²) in [5.74, 6) is 1.55. The summed E-state index contributed by atoms with van der Waals surface area (Å²) in [4.78, 5) is 27.4. The molecule has 0 unspecified atom stereocenters.